The summed E-state index contributed by atoms with van der Waals surface area (Å²) in [6.07, 6.45) is 62.9. The molecule has 0 N–H and O–H groups in total. The maximum Gasteiger partial charge on any atom is 0.306 e. The minimum atomic E-state index is -4.53. The zero-order valence-corrected chi connectivity index (χ0v) is 45.0. The number of quaternary nitrogens is 1. The Balaban J connectivity index is 4.08. The average Bonchev–Trinajstić information content (AvgIpc) is 3.28. The Hall–Kier alpha value is -1.54. The third-order valence-electron chi connectivity index (χ3n) is 12.1. The minimum absolute atomic E-state index is 0.0258. The van der Waals surface area contributed by atoms with Gasteiger partial charge in [0.2, 0.25) is 0 Å². The first-order valence-corrected chi connectivity index (χ1v) is 29.3. The molecule has 0 aromatic rings. The molecule has 0 heterocycles. The largest absolute Gasteiger partial charge is 0.756 e. The average molecular weight is 950 g/mol. The molecule has 0 amide bonds. The van der Waals surface area contributed by atoms with Gasteiger partial charge in [-0.3, -0.25) is 9.36 Å². The lowest BCUT2D eigenvalue weighted by atomic mass is 10.0. The Morgan fingerprint density at radius 2 is 0.879 bits per heavy atom. The number of likely N-dealkylation sites (N-methyl/N-ethyl adjacent to an activating group) is 1. The highest BCUT2D eigenvalue weighted by Gasteiger charge is 2.20. The van der Waals surface area contributed by atoms with Crippen molar-refractivity contribution in [2.24, 2.45) is 0 Å². The van der Waals surface area contributed by atoms with Crippen molar-refractivity contribution >= 4 is 13.8 Å². The van der Waals surface area contributed by atoms with Crippen molar-refractivity contribution in [3.8, 4) is 0 Å². The lowest BCUT2D eigenvalue weighted by Crippen LogP contribution is -2.37. The second-order valence-electron chi connectivity index (χ2n) is 19.9. The van der Waals surface area contributed by atoms with Gasteiger partial charge in [-0.05, 0) is 51.4 Å². The number of allylic oxidation sites excluding steroid dienone is 8. The molecule has 388 valence electrons. The molecule has 0 radical (unpaired) electrons. The predicted molar refractivity (Wildman–Crippen MR) is 282 cm³/mol. The van der Waals surface area contributed by atoms with Gasteiger partial charge >= 0.3 is 5.97 Å². The van der Waals surface area contributed by atoms with Crippen LogP contribution in [0.5, 0.6) is 0 Å². The minimum Gasteiger partial charge on any atom is -0.756 e. The SMILES string of the molecule is CC/C=C\C/C=C\C/C=C\C/C=C\CCCCCCCCCCCCC(=O)OC(COCCCCCCCCCCCCCCCCCCCCCCC)COP(=O)([O-])OCC[N+](C)(C)C. The van der Waals surface area contributed by atoms with Crippen molar-refractivity contribution in [2.75, 3.05) is 54.1 Å². The third kappa shape index (κ3) is 53.4. The molecule has 0 spiro atoms. The Kier molecular flexibility index (Phi) is 48.7. The van der Waals surface area contributed by atoms with Crippen LogP contribution in [-0.4, -0.2) is 70.7 Å². The van der Waals surface area contributed by atoms with Crippen LogP contribution in [-0.2, 0) is 27.9 Å². The summed E-state index contributed by atoms with van der Waals surface area (Å²) in [5.41, 5.74) is 0. The molecule has 66 heavy (non-hydrogen) atoms. The highest BCUT2D eigenvalue weighted by atomic mass is 31.2. The van der Waals surface area contributed by atoms with Crippen molar-refractivity contribution in [3.05, 3.63) is 48.6 Å². The molecule has 8 nitrogen and oxygen atoms in total. The van der Waals surface area contributed by atoms with Gasteiger partial charge in [0.1, 0.15) is 19.3 Å². The van der Waals surface area contributed by atoms with Crippen LogP contribution in [0.3, 0.4) is 0 Å². The Labute approximate surface area is 409 Å². The van der Waals surface area contributed by atoms with Gasteiger partial charge in [0, 0.05) is 13.0 Å². The van der Waals surface area contributed by atoms with E-state index in [1.54, 1.807) is 0 Å². The summed E-state index contributed by atoms with van der Waals surface area (Å²) in [4.78, 5) is 25.2. The summed E-state index contributed by atoms with van der Waals surface area (Å²) in [6.45, 7) is 5.34. The summed E-state index contributed by atoms with van der Waals surface area (Å²) in [7, 11) is 1.36. The van der Waals surface area contributed by atoms with E-state index in [2.05, 4.69) is 62.5 Å². The summed E-state index contributed by atoms with van der Waals surface area (Å²) in [5.74, 6) is -0.335. The maximum atomic E-state index is 12.8. The van der Waals surface area contributed by atoms with E-state index >= 15 is 0 Å². The van der Waals surface area contributed by atoms with E-state index < -0.39 is 13.9 Å². The van der Waals surface area contributed by atoms with Gasteiger partial charge in [0.15, 0.2) is 0 Å². The number of carbonyl (C=O) groups excluding carboxylic acids is 1. The van der Waals surface area contributed by atoms with Gasteiger partial charge in [0.05, 0.1) is 34.4 Å². The fourth-order valence-electron chi connectivity index (χ4n) is 7.89. The molecule has 0 aliphatic carbocycles. The summed E-state index contributed by atoms with van der Waals surface area (Å²) < 4.78 is 34.8. The molecule has 0 saturated carbocycles. The number of hydrogen-bond acceptors (Lipinski definition) is 7. The lowest BCUT2D eigenvalue weighted by molar-refractivity contribution is -0.870. The highest BCUT2D eigenvalue weighted by molar-refractivity contribution is 7.45. The topological polar surface area (TPSA) is 94.1 Å². The molecule has 0 saturated heterocycles. The van der Waals surface area contributed by atoms with E-state index in [4.69, 9.17) is 18.5 Å². The number of carbonyl (C=O) groups is 1. The molecule has 2 atom stereocenters. The zero-order chi connectivity index (χ0) is 48.3. The molecule has 0 aromatic heterocycles. The van der Waals surface area contributed by atoms with Gasteiger partial charge in [-0.2, -0.15) is 0 Å². The van der Waals surface area contributed by atoms with Gasteiger partial charge < -0.3 is 27.9 Å². The van der Waals surface area contributed by atoms with E-state index in [0.29, 0.717) is 24.1 Å². The number of hydrogen-bond donors (Lipinski definition) is 0. The molecule has 9 heteroatoms. The normalized spacial score (nSPS) is 13.8. The summed E-state index contributed by atoms with van der Waals surface area (Å²) in [5, 5.41) is 0. The number of ether oxygens (including phenoxy) is 2. The maximum absolute atomic E-state index is 12.8. The molecule has 0 aromatic carbocycles. The number of unbranched alkanes of at least 4 members (excludes halogenated alkanes) is 30. The second-order valence-corrected chi connectivity index (χ2v) is 21.3. The smallest absolute Gasteiger partial charge is 0.306 e. The van der Waals surface area contributed by atoms with Crippen LogP contribution in [0.2, 0.25) is 0 Å². The van der Waals surface area contributed by atoms with Crippen LogP contribution in [0.15, 0.2) is 48.6 Å². The Morgan fingerprint density at radius 3 is 1.32 bits per heavy atom. The number of phosphoric ester groups is 1. The van der Waals surface area contributed by atoms with Crippen molar-refractivity contribution in [2.45, 2.75) is 258 Å². The van der Waals surface area contributed by atoms with Gasteiger partial charge in [0.25, 0.3) is 7.82 Å². The van der Waals surface area contributed by atoms with Crippen LogP contribution < -0.4 is 4.89 Å². The van der Waals surface area contributed by atoms with Crippen molar-refractivity contribution in [3.63, 3.8) is 0 Å². The quantitative estimate of drug-likeness (QED) is 0.0197. The zero-order valence-electron chi connectivity index (χ0n) is 44.1. The molecular formula is C57H108NO7P. The highest BCUT2D eigenvalue weighted by Crippen LogP contribution is 2.38. The standard InChI is InChI=1S/C57H108NO7P/c1-6-8-10-12-14-16-18-20-22-24-26-28-29-30-32-34-36-38-40-42-44-46-48-50-57(59)65-56(55-64-66(60,61)63-53-51-58(3,4)5)54-62-52-49-47-45-43-41-39-37-35-33-31-27-25-23-21-19-17-15-13-11-9-7-2/h8,10,14,16,20,22,26,28,56H,6-7,9,11-13,15,17-19,21,23-25,27,29-55H2,1-5H3/b10-8-,16-14-,22-20-,28-26-. The number of phosphoric acid groups is 1. The molecule has 2 unspecified atom stereocenters. The van der Waals surface area contributed by atoms with E-state index in [-0.39, 0.29) is 25.8 Å². The molecule has 0 aliphatic heterocycles. The first-order chi connectivity index (χ1) is 32.1. The molecule has 0 aliphatic rings. The van der Waals surface area contributed by atoms with Crippen LogP contribution >= 0.6 is 7.82 Å². The number of rotatable bonds is 52. The number of nitrogens with zero attached hydrogens (tertiary/aromatic N) is 1. The van der Waals surface area contributed by atoms with E-state index in [1.165, 1.54) is 173 Å². The van der Waals surface area contributed by atoms with Gasteiger partial charge in [-0.1, -0.05) is 242 Å². The second kappa shape index (κ2) is 49.9. The molecule has 0 fully saturated rings. The van der Waals surface area contributed by atoms with Crippen LogP contribution in [0.4, 0.5) is 0 Å². The molecule has 0 bridgehead atoms. The van der Waals surface area contributed by atoms with Gasteiger partial charge in [-0.15, -0.1) is 0 Å². The summed E-state index contributed by atoms with van der Waals surface area (Å²) in [6, 6.07) is 0. The Morgan fingerprint density at radius 1 is 0.485 bits per heavy atom. The molecular weight excluding hydrogens is 842 g/mol. The van der Waals surface area contributed by atoms with Gasteiger partial charge in [-0.25, -0.2) is 0 Å². The Bertz CT molecular complexity index is 1200. The summed E-state index contributed by atoms with van der Waals surface area (Å²) >= 11 is 0. The van der Waals surface area contributed by atoms with Crippen LogP contribution in [0.25, 0.3) is 0 Å². The van der Waals surface area contributed by atoms with E-state index in [0.717, 1.165) is 57.8 Å². The van der Waals surface area contributed by atoms with Crippen molar-refractivity contribution < 1.29 is 37.3 Å². The fourth-order valence-corrected chi connectivity index (χ4v) is 8.62. The number of esters is 1. The monoisotopic (exact) mass is 950 g/mol. The third-order valence-corrected chi connectivity index (χ3v) is 13.1. The lowest BCUT2D eigenvalue weighted by Gasteiger charge is -2.28. The molecule has 0 rings (SSSR count). The first-order valence-electron chi connectivity index (χ1n) is 27.9. The first kappa shape index (κ1) is 64.5. The van der Waals surface area contributed by atoms with Crippen LogP contribution in [0, 0.1) is 0 Å². The van der Waals surface area contributed by atoms with Crippen LogP contribution in [0.1, 0.15) is 251 Å². The predicted octanol–water partition coefficient (Wildman–Crippen LogP) is 16.8. The van der Waals surface area contributed by atoms with E-state index in [9.17, 15) is 14.3 Å². The van der Waals surface area contributed by atoms with Crippen molar-refractivity contribution in [1.29, 1.82) is 0 Å². The van der Waals surface area contributed by atoms with Crippen molar-refractivity contribution in [1.82, 2.24) is 0 Å². The fraction of sp³-hybridized carbons (Fsp3) is 0.842. The van der Waals surface area contributed by atoms with E-state index in [1.807, 2.05) is 21.1 Å².